The third-order valence-electron chi connectivity index (χ3n) is 5.09. The van der Waals surface area contributed by atoms with E-state index in [1.54, 1.807) is 24.0 Å². The van der Waals surface area contributed by atoms with Crippen LogP contribution in [-0.4, -0.2) is 29.5 Å². The number of aromatic nitrogens is 6. The predicted octanol–water partition coefficient (Wildman–Crippen LogP) is 3.07. The molecule has 2 bridgehead atoms. The summed E-state index contributed by atoms with van der Waals surface area (Å²) in [5, 5.41) is 18.5. The molecule has 0 fully saturated rings. The van der Waals surface area contributed by atoms with Crippen molar-refractivity contribution in [3.05, 3.63) is 53.5 Å². The second-order valence-electron chi connectivity index (χ2n) is 7.22. The van der Waals surface area contributed by atoms with Gasteiger partial charge in [0.05, 0.1) is 18.1 Å². The minimum atomic E-state index is -0.415. The fourth-order valence-corrected chi connectivity index (χ4v) is 3.59. The van der Waals surface area contributed by atoms with Gasteiger partial charge < -0.3 is 15.2 Å². The highest BCUT2D eigenvalue weighted by molar-refractivity contribution is 5.72. The van der Waals surface area contributed by atoms with E-state index in [4.69, 9.17) is 15.2 Å². The standard InChI is InChI=1S/C21H18N8O2/c1-11-4-5-15-13(8-11)12(2)30-21-19(23)24-10-14(26-21)18-16(9-22)28(3)27-20(18)31-17-6-7-25-29(15)17/h4-8,10,12H,1-3H3,(H2,23,24)/t12-/m1/s1. The molecule has 0 unspecified atom stereocenters. The van der Waals surface area contributed by atoms with Gasteiger partial charge in [-0.2, -0.15) is 10.4 Å². The van der Waals surface area contributed by atoms with Gasteiger partial charge in [0.2, 0.25) is 5.88 Å². The van der Waals surface area contributed by atoms with Crippen molar-refractivity contribution in [2.45, 2.75) is 20.0 Å². The molecule has 10 heteroatoms. The summed E-state index contributed by atoms with van der Waals surface area (Å²) in [5.74, 6) is 0.947. The van der Waals surface area contributed by atoms with Crippen molar-refractivity contribution in [2.75, 3.05) is 5.73 Å². The smallest absolute Gasteiger partial charge is 0.258 e. The molecule has 0 amide bonds. The highest BCUT2D eigenvalue weighted by Crippen LogP contribution is 2.38. The SMILES string of the molecule is Cc1ccc2c(c1)[C@@H](C)Oc1nc(cnc1N)-c1c(nn(C)c1C#N)Oc1ccnn1-2. The first-order valence-corrected chi connectivity index (χ1v) is 9.55. The lowest BCUT2D eigenvalue weighted by Crippen LogP contribution is -2.13. The highest BCUT2D eigenvalue weighted by Gasteiger charge is 2.26. The van der Waals surface area contributed by atoms with Crippen LogP contribution in [0.15, 0.2) is 36.7 Å². The van der Waals surface area contributed by atoms with Crippen molar-refractivity contribution in [1.82, 2.24) is 29.5 Å². The number of benzene rings is 1. The van der Waals surface area contributed by atoms with Crippen LogP contribution >= 0.6 is 0 Å². The summed E-state index contributed by atoms with van der Waals surface area (Å²) in [6.07, 6.45) is 2.69. The molecule has 1 aromatic carbocycles. The molecule has 5 rings (SSSR count). The molecule has 10 nitrogen and oxygen atoms in total. The predicted molar refractivity (Wildman–Crippen MR) is 111 cm³/mol. The van der Waals surface area contributed by atoms with Gasteiger partial charge in [0.1, 0.15) is 23.4 Å². The van der Waals surface area contributed by atoms with Crippen LogP contribution in [0.3, 0.4) is 0 Å². The van der Waals surface area contributed by atoms with Crippen molar-refractivity contribution in [1.29, 1.82) is 5.26 Å². The zero-order chi connectivity index (χ0) is 21.7. The van der Waals surface area contributed by atoms with Crippen LogP contribution in [0.25, 0.3) is 16.9 Å². The maximum Gasteiger partial charge on any atom is 0.258 e. The maximum absolute atomic E-state index is 9.70. The monoisotopic (exact) mass is 414 g/mol. The summed E-state index contributed by atoms with van der Waals surface area (Å²) in [5.41, 5.74) is 9.80. The molecular formula is C21H18N8O2. The van der Waals surface area contributed by atoms with Crippen molar-refractivity contribution in [3.8, 4) is 40.7 Å². The van der Waals surface area contributed by atoms with E-state index in [0.717, 1.165) is 16.8 Å². The van der Waals surface area contributed by atoms with Crippen LogP contribution in [0.1, 0.15) is 29.8 Å². The molecule has 31 heavy (non-hydrogen) atoms. The lowest BCUT2D eigenvalue weighted by molar-refractivity contribution is 0.217. The third-order valence-corrected chi connectivity index (χ3v) is 5.09. The van der Waals surface area contributed by atoms with Gasteiger partial charge in [-0.1, -0.05) is 17.7 Å². The molecule has 0 saturated carbocycles. The van der Waals surface area contributed by atoms with E-state index in [1.807, 2.05) is 32.0 Å². The van der Waals surface area contributed by atoms with E-state index in [-0.39, 0.29) is 23.3 Å². The first-order valence-electron chi connectivity index (χ1n) is 9.55. The van der Waals surface area contributed by atoms with Gasteiger partial charge in [0.15, 0.2) is 11.5 Å². The molecule has 1 aliphatic heterocycles. The van der Waals surface area contributed by atoms with Crippen LogP contribution in [0.4, 0.5) is 5.82 Å². The van der Waals surface area contributed by atoms with Crippen LogP contribution < -0.4 is 15.2 Å². The number of hydrogen-bond donors (Lipinski definition) is 1. The molecule has 0 saturated heterocycles. The lowest BCUT2D eigenvalue weighted by Gasteiger charge is -2.21. The summed E-state index contributed by atoms with van der Waals surface area (Å²) < 4.78 is 15.4. The Morgan fingerprint density at radius 1 is 1.23 bits per heavy atom. The van der Waals surface area contributed by atoms with E-state index >= 15 is 0 Å². The van der Waals surface area contributed by atoms with Crippen LogP contribution in [0.5, 0.6) is 17.6 Å². The Morgan fingerprint density at radius 2 is 2.06 bits per heavy atom. The number of aryl methyl sites for hydroxylation is 2. The van der Waals surface area contributed by atoms with Crippen LogP contribution in [-0.2, 0) is 7.05 Å². The summed E-state index contributed by atoms with van der Waals surface area (Å²) in [7, 11) is 1.66. The topological polar surface area (TPSA) is 130 Å². The molecule has 3 aromatic heterocycles. The average molecular weight is 414 g/mol. The van der Waals surface area contributed by atoms with Gasteiger partial charge in [-0.15, -0.1) is 5.10 Å². The number of nitrogens with zero attached hydrogens (tertiary/aromatic N) is 7. The Hall–Kier alpha value is -4.39. The van der Waals surface area contributed by atoms with Crippen molar-refractivity contribution < 1.29 is 9.47 Å². The third kappa shape index (κ3) is 2.95. The van der Waals surface area contributed by atoms with Gasteiger partial charge in [0.25, 0.3) is 11.8 Å². The fourth-order valence-electron chi connectivity index (χ4n) is 3.59. The maximum atomic E-state index is 9.70. The highest BCUT2D eigenvalue weighted by atomic mass is 16.5. The number of fused-ring (bicyclic) bond motifs is 7. The summed E-state index contributed by atoms with van der Waals surface area (Å²) in [6, 6.07) is 9.82. The summed E-state index contributed by atoms with van der Waals surface area (Å²) >= 11 is 0. The normalized spacial score (nSPS) is 14.6. The first-order chi connectivity index (χ1) is 15.0. The van der Waals surface area contributed by atoms with E-state index in [1.165, 1.54) is 10.9 Å². The fraction of sp³-hybridized carbons (Fsp3) is 0.190. The van der Waals surface area contributed by atoms with Crippen molar-refractivity contribution in [2.24, 2.45) is 7.05 Å². The Kier molecular flexibility index (Phi) is 4.11. The number of nitrogen functional groups attached to an aromatic ring is 1. The largest absolute Gasteiger partial charge is 0.467 e. The van der Waals surface area contributed by atoms with Gasteiger partial charge in [-0.05, 0) is 19.9 Å². The number of nitriles is 1. The van der Waals surface area contributed by atoms with E-state index < -0.39 is 6.10 Å². The summed E-state index contributed by atoms with van der Waals surface area (Å²) in [4.78, 5) is 8.77. The number of hydrogen-bond acceptors (Lipinski definition) is 8. The van der Waals surface area contributed by atoms with Crippen molar-refractivity contribution >= 4 is 5.82 Å². The molecule has 0 aliphatic carbocycles. The van der Waals surface area contributed by atoms with Gasteiger partial charge in [-0.3, -0.25) is 4.68 Å². The van der Waals surface area contributed by atoms with Crippen LogP contribution in [0, 0.1) is 18.3 Å². The lowest BCUT2D eigenvalue weighted by atomic mass is 10.0. The van der Waals surface area contributed by atoms with Gasteiger partial charge in [-0.25, -0.2) is 14.6 Å². The van der Waals surface area contributed by atoms with Gasteiger partial charge in [0, 0.05) is 18.7 Å². The van der Waals surface area contributed by atoms with E-state index in [2.05, 4.69) is 26.2 Å². The molecule has 0 radical (unpaired) electrons. The quantitative estimate of drug-likeness (QED) is 0.465. The minimum Gasteiger partial charge on any atom is -0.467 e. The molecule has 1 atom stereocenters. The van der Waals surface area contributed by atoms with Crippen molar-refractivity contribution in [3.63, 3.8) is 0 Å². The average Bonchev–Trinajstić information content (AvgIpc) is 3.32. The van der Waals surface area contributed by atoms with E-state index in [9.17, 15) is 5.26 Å². The molecular weight excluding hydrogens is 396 g/mol. The first kappa shape index (κ1) is 18.6. The molecule has 154 valence electrons. The minimum absolute atomic E-state index is 0.145. The number of anilines is 1. The second kappa shape index (κ2) is 6.84. The Morgan fingerprint density at radius 3 is 2.87 bits per heavy atom. The Balaban J connectivity index is 1.83. The summed E-state index contributed by atoms with van der Waals surface area (Å²) in [6.45, 7) is 3.90. The Labute approximate surface area is 177 Å². The molecule has 0 spiro atoms. The number of ether oxygens (including phenoxy) is 2. The second-order valence-corrected chi connectivity index (χ2v) is 7.22. The zero-order valence-electron chi connectivity index (χ0n) is 17.1. The van der Waals surface area contributed by atoms with E-state index in [0.29, 0.717) is 17.1 Å². The zero-order valence-corrected chi connectivity index (χ0v) is 17.1. The molecule has 4 heterocycles. The molecule has 4 aromatic rings. The number of rotatable bonds is 0. The molecule has 1 aliphatic rings. The Bertz CT molecular complexity index is 1360. The number of nitrogens with two attached hydrogens (primary N) is 1. The van der Waals surface area contributed by atoms with Gasteiger partial charge >= 0.3 is 0 Å². The molecule has 2 N–H and O–H groups in total. The van der Waals surface area contributed by atoms with Crippen LogP contribution in [0.2, 0.25) is 0 Å².